The second-order valence-corrected chi connectivity index (χ2v) is 5.76. The molecule has 0 unspecified atom stereocenters. The first-order valence-electron chi connectivity index (χ1n) is 6.44. The lowest BCUT2D eigenvalue weighted by Gasteiger charge is -2.09. The van der Waals surface area contributed by atoms with Gasteiger partial charge < -0.3 is 15.6 Å². The molecule has 1 aromatic carbocycles. The number of nitrogen functional groups attached to an aromatic ring is 1. The molecule has 0 saturated carbocycles. The third kappa shape index (κ3) is 2.32. The van der Waals surface area contributed by atoms with Gasteiger partial charge in [-0.25, -0.2) is 4.98 Å². The highest BCUT2D eigenvalue weighted by atomic mass is 32.1. The summed E-state index contributed by atoms with van der Waals surface area (Å²) in [7, 11) is 0. The Balaban J connectivity index is 1.85. The van der Waals surface area contributed by atoms with Crippen LogP contribution in [-0.4, -0.2) is 19.7 Å². The van der Waals surface area contributed by atoms with Crippen LogP contribution in [0.2, 0.25) is 0 Å². The number of rotatable bonds is 4. The predicted octanol–water partition coefficient (Wildman–Crippen LogP) is 2.41. The van der Waals surface area contributed by atoms with E-state index >= 15 is 0 Å². The van der Waals surface area contributed by atoms with Crippen molar-refractivity contribution in [3.8, 4) is 0 Å². The second kappa shape index (κ2) is 5.09. The van der Waals surface area contributed by atoms with Crippen LogP contribution in [-0.2, 0) is 13.1 Å². The van der Waals surface area contributed by atoms with Crippen molar-refractivity contribution in [2.75, 3.05) is 11.1 Å². The number of fused-ring (bicyclic) bond motifs is 1. The van der Waals surface area contributed by atoms with Gasteiger partial charge in [-0.05, 0) is 26.0 Å². The predicted molar refractivity (Wildman–Crippen MR) is 81.8 cm³/mol. The Bertz CT molecular complexity index is 744. The highest BCUT2D eigenvalue weighted by Gasteiger charge is 2.08. The normalized spacial score (nSPS) is 11.1. The summed E-state index contributed by atoms with van der Waals surface area (Å²) >= 11 is 1.65. The van der Waals surface area contributed by atoms with E-state index in [1.165, 1.54) is 0 Å². The summed E-state index contributed by atoms with van der Waals surface area (Å²) in [5.41, 5.74) is 8.66. The summed E-state index contributed by atoms with van der Waals surface area (Å²) in [6.07, 6.45) is 1.73. The van der Waals surface area contributed by atoms with Crippen LogP contribution in [0, 0.1) is 6.92 Å². The van der Waals surface area contributed by atoms with Crippen molar-refractivity contribution in [3.63, 3.8) is 0 Å². The van der Waals surface area contributed by atoms with Gasteiger partial charge in [0.05, 0.1) is 33.1 Å². The molecule has 0 amide bonds. The number of anilines is 2. The topological polar surface area (TPSA) is 81.7 Å². The monoisotopic (exact) mass is 288 g/mol. The average Bonchev–Trinajstić information content (AvgIpc) is 3.00. The van der Waals surface area contributed by atoms with Crippen LogP contribution in [0.5, 0.6) is 0 Å². The zero-order valence-electron chi connectivity index (χ0n) is 11.4. The molecule has 20 heavy (non-hydrogen) atoms. The number of benzene rings is 1. The molecule has 0 saturated heterocycles. The van der Waals surface area contributed by atoms with E-state index in [4.69, 9.17) is 5.73 Å². The SMILES string of the molecule is CCn1cnnc1CNc1cc2nc(C)sc2cc1N. The number of aromatic nitrogens is 4. The lowest BCUT2D eigenvalue weighted by molar-refractivity contribution is 0.708. The van der Waals surface area contributed by atoms with Crippen molar-refractivity contribution in [2.24, 2.45) is 0 Å². The van der Waals surface area contributed by atoms with Gasteiger partial charge in [0.1, 0.15) is 6.33 Å². The molecule has 6 nitrogen and oxygen atoms in total. The fourth-order valence-electron chi connectivity index (χ4n) is 2.11. The van der Waals surface area contributed by atoms with Crippen molar-refractivity contribution in [3.05, 3.63) is 29.3 Å². The molecular formula is C13H16N6S. The summed E-state index contributed by atoms with van der Waals surface area (Å²) in [5.74, 6) is 0.890. The van der Waals surface area contributed by atoms with Crippen molar-refractivity contribution in [2.45, 2.75) is 26.9 Å². The Hall–Kier alpha value is -2.15. The van der Waals surface area contributed by atoms with Crippen LogP contribution >= 0.6 is 11.3 Å². The van der Waals surface area contributed by atoms with Crippen molar-refractivity contribution in [1.29, 1.82) is 0 Å². The van der Waals surface area contributed by atoms with E-state index in [0.29, 0.717) is 6.54 Å². The zero-order valence-corrected chi connectivity index (χ0v) is 12.2. The molecule has 0 aliphatic rings. The summed E-state index contributed by atoms with van der Waals surface area (Å²) in [6, 6.07) is 3.95. The Morgan fingerprint density at radius 3 is 3.05 bits per heavy atom. The molecule has 0 fully saturated rings. The number of nitrogens with zero attached hydrogens (tertiary/aromatic N) is 4. The molecule has 2 aromatic heterocycles. The first-order chi connectivity index (χ1) is 9.67. The number of nitrogens with one attached hydrogen (secondary N) is 1. The van der Waals surface area contributed by atoms with Gasteiger partial charge in [-0.3, -0.25) is 0 Å². The minimum Gasteiger partial charge on any atom is -0.397 e. The average molecular weight is 288 g/mol. The fraction of sp³-hybridized carbons (Fsp3) is 0.308. The fourth-order valence-corrected chi connectivity index (χ4v) is 2.97. The smallest absolute Gasteiger partial charge is 0.152 e. The zero-order chi connectivity index (χ0) is 14.1. The number of hydrogen-bond donors (Lipinski definition) is 2. The molecule has 0 aliphatic carbocycles. The molecule has 2 heterocycles. The van der Waals surface area contributed by atoms with Gasteiger partial charge in [-0.2, -0.15) is 0 Å². The first kappa shape index (κ1) is 12.9. The molecule has 0 bridgehead atoms. The molecule has 3 rings (SSSR count). The van der Waals surface area contributed by atoms with Crippen molar-refractivity contribution in [1.82, 2.24) is 19.7 Å². The van der Waals surface area contributed by atoms with Gasteiger partial charge in [-0.1, -0.05) is 0 Å². The van der Waals surface area contributed by atoms with Gasteiger partial charge >= 0.3 is 0 Å². The number of aryl methyl sites for hydroxylation is 2. The van der Waals surface area contributed by atoms with Gasteiger partial charge in [0.2, 0.25) is 0 Å². The van der Waals surface area contributed by atoms with Crippen LogP contribution in [0.3, 0.4) is 0 Å². The number of hydrogen-bond acceptors (Lipinski definition) is 6. The number of nitrogens with two attached hydrogens (primary N) is 1. The van der Waals surface area contributed by atoms with Crippen LogP contribution in [0.1, 0.15) is 17.8 Å². The van der Waals surface area contributed by atoms with E-state index in [0.717, 1.165) is 39.0 Å². The Kier molecular flexibility index (Phi) is 3.27. The molecule has 0 spiro atoms. The van der Waals surface area contributed by atoms with Crippen LogP contribution in [0.15, 0.2) is 18.5 Å². The highest BCUT2D eigenvalue weighted by molar-refractivity contribution is 7.18. The van der Waals surface area contributed by atoms with Gasteiger partial charge in [0.15, 0.2) is 5.82 Å². The van der Waals surface area contributed by atoms with Crippen LogP contribution < -0.4 is 11.1 Å². The van der Waals surface area contributed by atoms with E-state index in [9.17, 15) is 0 Å². The molecule has 0 atom stereocenters. The van der Waals surface area contributed by atoms with Gasteiger partial charge in [0.25, 0.3) is 0 Å². The van der Waals surface area contributed by atoms with Crippen LogP contribution in [0.4, 0.5) is 11.4 Å². The number of thiazole rings is 1. The Labute approximate surface area is 120 Å². The molecule has 3 N–H and O–H groups in total. The minimum absolute atomic E-state index is 0.590. The first-order valence-corrected chi connectivity index (χ1v) is 7.26. The lowest BCUT2D eigenvalue weighted by Crippen LogP contribution is -2.08. The van der Waals surface area contributed by atoms with Gasteiger partial charge in [0, 0.05) is 6.54 Å². The van der Waals surface area contributed by atoms with Crippen molar-refractivity contribution >= 4 is 32.9 Å². The van der Waals surface area contributed by atoms with E-state index < -0.39 is 0 Å². The molecule has 3 aromatic rings. The molecular weight excluding hydrogens is 272 g/mol. The minimum atomic E-state index is 0.590. The lowest BCUT2D eigenvalue weighted by atomic mass is 10.2. The maximum atomic E-state index is 6.08. The summed E-state index contributed by atoms with van der Waals surface area (Å²) in [6.45, 7) is 5.50. The molecule has 7 heteroatoms. The second-order valence-electron chi connectivity index (χ2n) is 4.53. The third-order valence-electron chi connectivity index (χ3n) is 3.14. The van der Waals surface area contributed by atoms with Crippen LogP contribution in [0.25, 0.3) is 10.2 Å². The largest absolute Gasteiger partial charge is 0.397 e. The summed E-state index contributed by atoms with van der Waals surface area (Å²) in [5, 5.41) is 12.4. The van der Waals surface area contributed by atoms with Crippen molar-refractivity contribution < 1.29 is 0 Å². The van der Waals surface area contributed by atoms with E-state index in [1.807, 2.05) is 23.6 Å². The highest BCUT2D eigenvalue weighted by Crippen LogP contribution is 2.29. The summed E-state index contributed by atoms with van der Waals surface area (Å²) in [4.78, 5) is 4.48. The van der Waals surface area contributed by atoms with Gasteiger partial charge in [-0.15, -0.1) is 21.5 Å². The van der Waals surface area contributed by atoms with E-state index in [-0.39, 0.29) is 0 Å². The standard InChI is InChI=1S/C13H16N6S/c1-3-19-7-16-18-13(19)6-15-10-5-11-12(4-9(10)14)20-8(2)17-11/h4-5,7,15H,3,6,14H2,1-2H3. The van der Waals surface area contributed by atoms with E-state index in [2.05, 4.69) is 27.4 Å². The van der Waals surface area contributed by atoms with E-state index in [1.54, 1.807) is 17.7 Å². The molecule has 0 radical (unpaired) electrons. The summed E-state index contributed by atoms with van der Waals surface area (Å²) < 4.78 is 3.11. The third-order valence-corrected chi connectivity index (χ3v) is 4.07. The molecule has 0 aliphatic heterocycles. The quantitative estimate of drug-likeness (QED) is 0.720. The molecule has 104 valence electrons. The Morgan fingerprint density at radius 2 is 2.25 bits per heavy atom. The maximum absolute atomic E-state index is 6.08. The maximum Gasteiger partial charge on any atom is 0.152 e. The Morgan fingerprint density at radius 1 is 1.40 bits per heavy atom.